The summed E-state index contributed by atoms with van der Waals surface area (Å²) in [5.41, 5.74) is 2.54. The smallest absolute Gasteiger partial charge is 0.308 e. The van der Waals surface area contributed by atoms with E-state index < -0.39 is 5.60 Å². The average Bonchev–Trinajstić information content (AvgIpc) is 3.15. The van der Waals surface area contributed by atoms with E-state index in [1.54, 1.807) is 63.4 Å². The van der Waals surface area contributed by atoms with Crippen molar-refractivity contribution < 1.29 is 19.1 Å². The van der Waals surface area contributed by atoms with E-state index in [4.69, 9.17) is 4.74 Å². The van der Waals surface area contributed by atoms with Crippen LogP contribution in [-0.4, -0.2) is 39.3 Å². The molecule has 0 atom stereocenters. The summed E-state index contributed by atoms with van der Waals surface area (Å²) >= 11 is 3.77. The zero-order chi connectivity index (χ0) is 22.6. The van der Waals surface area contributed by atoms with Crippen molar-refractivity contribution in [1.82, 2.24) is 19.4 Å². The molecule has 8 nitrogen and oxygen atoms in total. The fourth-order valence-corrected chi connectivity index (χ4v) is 3.02. The number of nitrogens with zero attached hydrogens (tertiary/aromatic N) is 2. The van der Waals surface area contributed by atoms with E-state index in [1.165, 1.54) is 0 Å². The summed E-state index contributed by atoms with van der Waals surface area (Å²) in [4.78, 5) is 40.3. The van der Waals surface area contributed by atoms with Gasteiger partial charge in [-0.2, -0.15) is 0 Å². The van der Waals surface area contributed by atoms with Crippen LogP contribution >= 0.6 is 12.8 Å². The number of ether oxygens (including phenoxy) is 1. The molecule has 2 amide bonds. The second kappa shape index (κ2) is 9.22. The lowest BCUT2D eigenvalue weighted by molar-refractivity contribution is -0.154. The van der Waals surface area contributed by atoms with Gasteiger partial charge in [0.25, 0.3) is 11.8 Å². The maximum atomic E-state index is 12.3. The number of amides is 2. The molecule has 0 aliphatic heterocycles. The number of fused-ring (bicyclic) bond motifs is 1. The predicted octanol–water partition coefficient (Wildman–Crippen LogP) is 3.04. The Bertz CT molecular complexity index is 1120. The Hall–Kier alpha value is -3.33. The SMILES string of the molecule is CC(C)(C)OC(=O)CCNC(=O)c1ccc(-c2cn3ccc(C(=O)NS)cc3n2)cc1. The number of benzene rings is 1. The van der Waals surface area contributed by atoms with Crippen LogP contribution in [-0.2, 0) is 9.53 Å². The number of nitrogens with one attached hydrogen (secondary N) is 2. The van der Waals surface area contributed by atoms with Gasteiger partial charge in [-0.25, -0.2) is 4.98 Å². The largest absolute Gasteiger partial charge is 0.460 e. The molecule has 0 aliphatic rings. The molecule has 2 N–H and O–H groups in total. The summed E-state index contributed by atoms with van der Waals surface area (Å²) in [6, 6.07) is 10.3. The van der Waals surface area contributed by atoms with Crippen molar-refractivity contribution in [3.8, 4) is 11.3 Å². The molecular weight excluding hydrogens is 416 g/mol. The standard InChI is InChI=1S/C22H24N4O4S/c1-22(2,3)30-19(27)8-10-23-20(28)15-6-4-14(5-7-15)17-13-26-11-9-16(21(29)25-31)12-18(26)24-17/h4-7,9,11-13,31H,8,10H2,1-3H3,(H,23,28)(H,25,29). The Morgan fingerprint density at radius 3 is 2.42 bits per heavy atom. The first-order valence-corrected chi connectivity index (χ1v) is 10.1. The van der Waals surface area contributed by atoms with E-state index in [0.717, 1.165) is 5.56 Å². The van der Waals surface area contributed by atoms with Gasteiger partial charge in [-0.15, -0.1) is 0 Å². The van der Waals surface area contributed by atoms with Crippen molar-refractivity contribution in [2.24, 2.45) is 0 Å². The predicted molar refractivity (Wildman–Crippen MR) is 120 cm³/mol. The highest BCUT2D eigenvalue weighted by Gasteiger charge is 2.16. The second-order valence-electron chi connectivity index (χ2n) is 7.92. The Morgan fingerprint density at radius 1 is 1.06 bits per heavy atom. The summed E-state index contributed by atoms with van der Waals surface area (Å²) in [6.45, 7) is 5.59. The topological polar surface area (TPSA) is 102 Å². The van der Waals surface area contributed by atoms with Gasteiger partial charge in [-0.05, 0) is 45.0 Å². The second-order valence-corrected chi connectivity index (χ2v) is 8.14. The monoisotopic (exact) mass is 440 g/mol. The van der Waals surface area contributed by atoms with Crippen LogP contribution in [0.2, 0.25) is 0 Å². The number of esters is 1. The minimum Gasteiger partial charge on any atom is -0.460 e. The molecule has 9 heteroatoms. The van der Waals surface area contributed by atoms with Crippen molar-refractivity contribution >= 4 is 36.2 Å². The first-order chi connectivity index (χ1) is 14.7. The van der Waals surface area contributed by atoms with Crippen molar-refractivity contribution in [1.29, 1.82) is 0 Å². The highest BCUT2D eigenvalue weighted by Crippen LogP contribution is 2.20. The van der Waals surface area contributed by atoms with Crippen LogP contribution < -0.4 is 10.0 Å². The molecule has 0 saturated carbocycles. The number of hydrogen-bond acceptors (Lipinski definition) is 6. The van der Waals surface area contributed by atoms with Crippen LogP contribution in [0.1, 0.15) is 47.9 Å². The van der Waals surface area contributed by atoms with E-state index in [0.29, 0.717) is 22.5 Å². The third kappa shape index (κ3) is 5.85. The Kier molecular flexibility index (Phi) is 6.65. The molecule has 31 heavy (non-hydrogen) atoms. The third-order valence-corrected chi connectivity index (χ3v) is 4.50. The van der Waals surface area contributed by atoms with E-state index in [2.05, 4.69) is 27.8 Å². The minimum atomic E-state index is -0.546. The summed E-state index contributed by atoms with van der Waals surface area (Å²) in [5, 5.41) is 2.72. The Labute approximate surface area is 185 Å². The van der Waals surface area contributed by atoms with Crippen molar-refractivity contribution in [3.05, 3.63) is 59.9 Å². The zero-order valence-corrected chi connectivity index (χ0v) is 18.4. The Balaban J connectivity index is 1.63. The van der Waals surface area contributed by atoms with E-state index in [1.807, 2.05) is 10.6 Å². The number of aromatic nitrogens is 2. The van der Waals surface area contributed by atoms with E-state index in [9.17, 15) is 14.4 Å². The average molecular weight is 441 g/mol. The van der Waals surface area contributed by atoms with Gasteiger partial charge in [0, 0.05) is 35.6 Å². The number of carbonyl (C=O) groups is 3. The van der Waals surface area contributed by atoms with Gasteiger partial charge in [-0.1, -0.05) is 24.9 Å². The van der Waals surface area contributed by atoms with Crippen LogP contribution in [0.4, 0.5) is 0 Å². The van der Waals surface area contributed by atoms with Gasteiger partial charge >= 0.3 is 5.97 Å². The number of thiol groups is 1. The van der Waals surface area contributed by atoms with E-state index in [-0.39, 0.29) is 30.7 Å². The van der Waals surface area contributed by atoms with Crippen molar-refractivity contribution in [2.45, 2.75) is 32.8 Å². The fourth-order valence-electron chi connectivity index (χ4n) is 2.89. The molecule has 0 aliphatic carbocycles. The lowest BCUT2D eigenvalue weighted by Gasteiger charge is -2.19. The molecule has 0 spiro atoms. The van der Waals surface area contributed by atoms with Gasteiger partial charge < -0.3 is 14.5 Å². The van der Waals surface area contributed by atoms with Gasteiger partial charge in [0.15, 0.2) is 0 Å². The molecule has 0 fully saturated rings. The lowest BCUT2D eigenvalue weighted by atomic mass is 10.1. The molecule has 0 bridgehead atoms. The highest BCUT2D eigenvalue weighted by atomic mass is 32.1. The van der Waals surface area contributed by atoms with Crippen LogP contribution in [0.5, 0.6) is 0 Å². The molecular formula is C22H24N4O4S. The number of carbonyl (C=O) groups excluding carboxylic acids is 3. The third-order valence-electron chi connectivity index (χ3n) is 4.30. The number of rotatable bonds is 6. The van der Waals surface area contributed by atoms with Crippen LogP contribution in [0, 0.1) is 0 Å². The molecule has 1 aromatic carbocycles. The minimum absolute atomic E-state index is 0.107. The number of imidazole rings is 1. The molecule has 0 radical (unpaired) electrons. The number of hydrogen-bond donors (Lipinski definition) is 3. The summed E-state index contributed by atoms with van der Waals surface area (Å²) < 4.78 is 9.31. The highest BCUT2D eigenvalue weighted by molar-refractivity contribution is 7.78. The molecule has 162 valence electrons. The maximum Gasteiger partial charge on any atom is 0.308 e. The first-order valence-electron chi connectivity index (χ1n) is 9.70. The lowest BCUT2D eigenvalue weighted by Crippen LogP contribution is -2.29. The number of pyridine rings is 1. The molecule has 2 aromatic heterocycles. The van der Waals surface area contributed by atoms with Crippen LogP contribution in [0.3, 0.4) is 0 Å². The van der Waals surface area contributed by atoms with Gasteiger partial charge in [0.05, 0.1) is 12.1 Å². The zero-order valence-electron chi connectivity index (χ0n) is 17.5. The van der Waals surface area contributed by atoms with Crippen molar-refractivity contribution in [3.63, 3.8) is 0 Å². The molecule has 3 aromatic rings. The summed E-state index contributed by atoms with van der Waals surface area (Å²) in [6.07, 6.45) is 3.69. The fraction of sp³-hybridized carbons (Fsp3) is 0.273. The molecule has 0 unspecified atom stereocenters. The maximum absolute atomic E-state index is 12.3. The Morgan fingerprint density at radius 2 is 1.77 bits per heavy atom. The summed E-state index contributed by atoms with van der Waals surface area (Å²) in [7, 11) is 0. The summed E-state index contributed by atoms with van der Waals surface area (Å²) in [5.74, 6) is -0.935. The van der Waals surface area contributed by atoms with Gasteiger partial charge in [0.1, 0.15) is 11.2 Å². The van der Waals surface area contributed by atoms with Crippen LogP contribution in [0.25, 0.3) is 16.9 Å². The van der Waals surface area contributed by atoms with Gasteiger partial charge in [-0.3, -0.25) is 19.1 Å². The van der Waals surface area contributed by atoms with Gasteiger partial charge in [0.2, 0.25) is 0 Å². The quantitative estimate of drug-likeness (QED) is 0.404. The molecule has 0 saturated heterocycles. The molecule has 2 heterocycles. The van der Waals surface area contributed by atoms with Crippen molar-refractivity contribution in [2.75, 3.05) is 6.54 Å². The first kappa shape index (κ1) is 22.4. The normalized spacial score (nSPS) is 11.2. The molecule has 3 rings (SSSR count). The van der Waals surface area contributed by atoms with E-state index >= 15 is 0 Å². The van der Waals surface area contributed by atoms with Crippen LogP contribution in [0.15, 0.2) is 48.8 Å².